The van der Waals surface area contributed by atoms with Crippen molar-refractivity contribution in [1.29, 1.82) is 0 Å². The van der Waals surface area contributed by atoms with Crippen molar-refractivity contribution in [1.82, 2.24) is 9.97 Å². The van der Waals surface area contributed by atoms with Gasteiger partial charge in [-0.2, -0.15) is 0 Å². The molecule has 0 unspecified atom stereocenters. The fourth-order valence-electron chi connectivity index (χ4n) is 5.19. The van der Waals surface area contributed by atoms with Crippen molar-refractivity contribution in [3.05, 3.63) is 39.6 Å². The summed E-state index contributed by atoms with van der Waals surface area (Å²) in [6, 6.07) is 5.75. The van der Waals surface area contributed by atoms with Crippen LogP contribution >= 0.6 is 23.2 Å². The normalized spacial score (nSPS) is 23.7. The number of piperidine rings is 1. The van der Waals surface area contributed by atoms with Gasteiger partial charge in [-0.25, -0.2) is 9.97 Å². The zero-order valence-electron chi connectivity index (χ0n) is 17.0. The Hall–Kier alpha value is -1.40. The molecule has 156 valence electrons. The third-order valence-corrected chi connectivity index (χ3v) is 7.55. The predicted molar refractivity (Wildman–Crippen MR) is 118 cm³/mol. The molecule has 1 aromatic carbocycles. The molecular formula is C22H28Cl2N4O. The van der Waals surface area contributed by atoms with Crippen LogP contribution in [0.5, 0.6) is 0 Å². The van der Waals surface area contributed by atoms with Crippen molar-refractivity contribution >= 4 is 29.0 Å². The molecule has 2 heterocycles. The number of rotatable bonds is 3. The number of halogens is 2. The summed E-state index contributed by atoms with van der Waals surface area (Å²) in [6.45, 7) is 5.83. The standard InChI is InChI=1S/C22H28Cl2N4O/c1-13-10-18(25)22(11-13)6-8-28(9-7-22)21-17(12-29)27-20(14(2)26-21)15-4-3-5-16(23)19(15)24/h3-5,13,18,29H,6-12,25H2,1-2H3/t13-,18+/m0/s1. The molecule has 0 radical (unpaired) electrons. The van der Waals surface area contributed by atoms with E-state index >= 15 is 0 Å². The van der Waals surface area contributed by atoms with E-state index in [-0.39, 0.29) is 18.1 Å². The van der Waals surface area contributed by atoms with Crippen LogP contribution in [0.3, 0.4) is 0 Å². The van der Waals surface area contributed by atoms with Crippen LogP contribution in [0.15, 0.2) is 18.2 Å². The van der Waals surface area contributed by atoms with Gasteiger partial charge >= 0.3 is 0 Å². The minimum absolute atomic E-state index is 0.175. The second kappa shape index (κ2) is 8.03. The van der Waals surface area contributed by atoms with E-state index in [4.69, 9.17) is 38.9 Å². The molecular weight excluding hydrogens is 407 g/mol. The monoisotopic (exact) mass is 434 g/mol. The van der Waals surface area contributed by atoms with Crippen molar-refractivity contribution < 1.29 is 5.11 Å². The second-order valence-corrected chi connectivity index (χ2v) is 9.47. The van der Waals surface area contributed by atoms with E-state index in [1.807, 2.05) is 19.1 Å². The molecule has 1 aromatic heterocycles. The van der Waals surface area contributed by atoms with Crippen molar-refractivity contribution in [2.24, 2.45) is 17.1 Å². The molecule has 2 aliphatic rings. The van der Waals surface area contributed by atoms with Gasteiger partial charge in [0, 0.05) is 24.7 Å². The number of nitrogens with two attached hydrogens (primary N) is 1. The first-order valence-electron chi connectivity index (χ1n) is 10.3. The number of nitrogens with zero attached hydrogens (tertiary/aromatic N) is 3. The first-order valence-corrected chi connectivity index (χ1v) is 11.0. The van der Waals surface area contributed by atoms with Gasteiger partial charge in [0.25, 0.3) is 0 Å². The molecule has 0 bridgehead atoms. The molecule has 3 N–H and O–H groups in total. The van der Waals surface area contributed by atoms with Crippen molar-refractivity contribution in [2.75, 3.05) is 18.0 Å². The van der Waals surface area contributed by atoms with Crippen LogP contribution < -0.4 is 10.6 Å². The lowest BCUT2D eigenvalue weighted by molar-refractivity contribution is 0.192. The highest BCUT2D eigenvalue weighted by Gasteiger charge is 2.46. The summed E-state index contributed by atoms with van der Waals surface area (Å²) in [6.07, 6.45) is 4.46. The minimum atomic E-state index is -0.175. The lowest BCUT2D eigenvalue weighted by atomic mass is 9.74. The summed E-state index contributed by atoms with van der Waals surface area (Å²) < 4.78 is 0. The van der Waals surface area contributed by atoms with Gasteiger partial charge in [0.1, 0.15) is 5.69 Å². The predicted octanol–water partition coefficient (Wildman–Crippen LogP) is 4.59. The fourth-order valence-corrected chi connectivity index (χ4v) is 5.58. The number of aliphatic hydroxyl groups excluding tert-OH is 1. The molecule has 7 heteroatoms. The highest BCUT2D eigenvalue weighted by atomic mass is 35.5. The number of hydrogen-bond acceptors (Lipinski definition) is 5. The third-order valence-electron chi connectivity index (χ3n) is 6.73. The zero-order chi connectivity index (χ0) is 20.8. The van der Waals surface area contributed by atoms with E-state index in [0.29, 0.717) is 27.4 Å². The Morgan fingerprint density at radius 3 is 2.59 bits per heavy atom. The summed E-state index contributed by atoms with van der Waals surface area (Å²) in [5, 5.41) is 10.9. The van der Waals surface area contributed by atoms with Gasteiger partial charge in [0.15, 0.2) is 5.82 Å². The summed E-state index contributed by atoms with van der Waals surface area (Å²) in [5.41, 5.74) is 9.49. The number of benzene rings is 1. The van der Waals surface area contributed by atoms with E-state index in [2.05, 4.69) is 11.8 Å². The maximum absolute atomic E-state index is 10.0. The van der Waals surface area contributed by atoms with Gasteiger partial charge < -0.3 is 15.7 Å². The van der Waals surface area contributed by atoms with Gasteiger partial charge in [-0.1, -0.05) is 42.3 Å². The lowest BCUT2D eigenvalue weighted by Gasteiger charge is -2.43. The van der Waals surface area contributed by atoms with Crippen molar-refractivity contribution in [3.63, 3.8) is 0 Å². The first-order chi connectivity index (χ1) is 13.8. The molecule has 4 rings (SSSR count). The molecule has 2 fully saturated rings. The van der Waals surface area contributed by atoms with E-state index in [0.717, 1.165) is 49.4 Å². The highest BCUT2D eigenvalue weighted by molar-refractivity contribution is 6.43. The third kappa shape index (κ3) is 3.74. The van der Waals surface area contributed by atoms with Crippen LogP contribution in [-0.2, 0) is 6.61 Å². The van der Waals surface area contributed by atoms with Crippen LogP contribution in [0.1, 0.15) is 44.0 Å². The minimum Gasteiger partial charge on any atom is -0.390 e. The molecule has 5 nitrogen and oxygen atoms in total. The van der Waals surface area contributed by atoms with Gasteiger partial charge in [0.2, 0.25) is 0 Å². The van der Waals surface area contributed by atoms with Gasteiger partial charge in [-0.05, 0) is 50.0 Å². The topological polar surface area (TPSA) is 75.3 Å². The molecule has 1 saturated carbocycles. The maximum Gasteiger partial charge on any atom is 0.153 e. The Labute approximate surface area is 182 Å². The average Bonchev–Trinajstić information content (AvgIpc) is 2.97. The van der Waals surface area contributed by atoms with Crippen LogP contribution in [0.25, 0.3) is 11.3 Å². The Morgan fingerprint density at radius 2 is 1.97 bits per heavy atom. The number of aliphatic hydroxyl groups is 1. The van der Waals surface area contributed by atoms with Gasteiger partial charge in [-0.3, -0.25) is 0 Å². The molecule has 1 aliphatic heterocycles. The number of anilines is 1. The summed E-state index contributed by atoms with van der Waals surface area (Å²) in [5.74, 6) is 1.47. The SMILES string of the molecule is Cc1nc(N2CCC3(CC2)C[C@@H](C)C[C@H]3N)c(CO)nc1-c1cccc(Cl)c1Cl. The van der Waals surface area contributed by atoms with E-state index < -0.39 is 0 Å². The molecule has 2 atom stereocenters. The lowest BCUT2D eigenvalue weighted by Crippen LogP contribution is -2.47. The number of hydrogen-bond donors (Lipinski definition) is 2. The van der Waals surface area contributed by atoms with Crippen LogP contribution in [0, 0.1) is 18.3 Å². The first kappa shape index (κ1) is 20.9. The number of aromatic nitrogens is 2. The van der Waals surface area contributed by atoms with Crippen LogP contribution in [0.2, 0.25) is 10.0 Å². The Bertz CT molecular complexity index is 912. The van der Waals surface area contributed by atoms with E-state index in [9.17, 15) is 5.11 Å². The molecule has 29 heavy (non-hydrogen) atoms. The molecule has 1 spiro atoms. The van der Waals surface area contributed by atoms with Gasteiger partial charge in [0.05, 0.1) is 28.0 Å². The molecule has 0 amide bonds. The maximum atomic E-state index is 10.0. The van der Waals surface area contributed by atoms with Crippen LogP contribution in [-0.4, -0.2) is 34.2 Å². The summed E-state index contributed by atoms with van der Waals surface area (Å²) in [4.78, 5) is 11.8. The van der Waals surface area contributed by atoms with E-state index in [1.165, 1.54) is 6.42 Å². The van der Waals surface area contributed by atoms with Crippen molar-refractivity contribution in [2.45, 2.75) is 52.2 Å². The van der Waals surface area contributed by atoms with E-state index in [1.54, 1.807) is 6.07 Å². The Morgan fingerprint density at radius 1 is 1.24 bits per heavy atom. The molecule has 1 aliphatic carbocycles. The fraction of sp³-hybridized carbons (Fsp3) is 0.545. The Balaban J connectivity index is 1.63. The van der Waals surface area contributed by atoms with Crippen LogP contribution in [0.4, 0.5) is 5.82 Å². The Kier molecular flexibility index (Phi) is 5.77. The zero-order valence-corrected chi connectivity index (χ0v) is 18.5. The quantitative estimate of drug-likeness (QED) is 0.738. The molecule has 1 saturated heterocycles. The summed E-state index contributed by atoms with van der Waals surface area (Å²) in [7, 11) is 0. The molecule has 2 aromatic rings. The highest BCUT2D eigenvalue weighted by Crippen LogP contribution is 2.48. The van der Waals surface area contributed by atoms with Gasteiger partial charge in [-0.15, -0.1) is 0 Å². The smallest absolute Gasteiger partial charge is 0.153 e. The van der Waals surface area contributed by atoms with Crippen molar-refractivity contribution in [3.8, 4) is 11.3 Å². The summed E-state index contributed by atoms with van der Waals surface area (Å²) >= 11 is 12.6. The largest absolute Gasteiger partial charge is 0.390 e. The average molecular weight is 435 g/mol. The number of aryl methyl sites for hydroxylation is 1. The second-order valence-electron chi connectivity index (χ2n) is 8.69.